The number of hydrogen-bond acceptors (Lipinski definition) is 6. The molecule has 4 rings (SSSR count). The molecule has 0 radical (unpaired) electrons. The minimum Gasteiger partial charge on any atom is -0.444 e. The summed E-state index contributed by atoms with van der Waals surface area (Å²) in [5, 5.41) is 4.56. The number of amides is 1. The van der Waals surface area contributed by atoms with E-state index in [1.54, 1.807) is 82.3 Å². The van der Waals surface area contributed by atoms with Gasteiger partial charge in [-0.05, 0) is 56.8 Å². The Bertz CT molecular complexity index is 1430. The van der Waals surface area contributed by atoms with Crippen molar-refractivity contribution in [2.24, 2.45) is 0 Å². The normalized spacial score (nSPS) is 12.4. The number of benzene rings is 3. The molecule has 4 aromatic rings. The fourth-order valence-electron chi connectivity index (χ4n) is 3.69. The minimum atomic E-state index is -1.10. The van der Waals surface area contributed by atoms with E-state index in [0.717, 1.165) is 10.8 Å². The second-order valence-corrected chi connectivity index (χ2v) is 8.91. The number of ether oxygens (including phenoxy) is 2. The topological polar surface area (TPSA) is 94.8 Å². The number of rotatable bonds is 4. The molecule has 0 aliphatic carbocycles. The van der Waals surface area contributed by atoms with Crippen LogP contribution in [0.4, 0.5) is 4.79 Å². The average molecular weight is 459 g/mol. The van der Waals surface area contributed by atoms with Gasteiger partial charge in [0, 0.05) is 10.9 Å². The molecule has 7 heteroatoms. The van der Waals surface area contributed by atoms with Crippen LogP contribution < -0.4 is 15.7 Å². The largest absolute Gasteiger partial charge is 0.444 e. The Kier molecular flexibility index (Phi) is 6.11. The van der Waals surface area contributed by atoms with Crippen LogP contribution in [0, 0.1) is 6.92 Å². The van der Waals surface area contributed by atoms with Crippen LogP contribution in [-0.2, 0) is 9.53 Å². The van der Waals surface area contributed by atoms with E-state index in [0.29, 0.717) is 22.1 Å². The lowest BCUT2D eigenvalue weighted by atomic mass is 10.0. The van der Waals surface area contributed by atoms with Gasteiger partial charge in [-0.2, -0.15) is 0 Å². The molecule has 0 aliphatic heterocycles. The third kappa shape index (κ3) is 4.78. The smallest absolute Gasteiger partial charge is 0.408 e. The van der Waals surface area contributed by atoms with Gasteiger partial charge in [-0.15, -0.1) is 0 Å². The van der Waals surface area contributed by atoms with Crippen LogP contribution in [0.25, 0.3) is 21.7 Å². The molecule has 1 atom stereocenters. The Labute approximate surface area is 196 Å². The molecule has 1 N–H and O–H groups in total. The van der Waals surface area contributed by atoms with Gasteiger partial charge in [0.25, 0.3) is 0 Å². The monoisotopic (exact) mass is 459 g/mol. The van der Waals surface area contributed by atoms with Crippen LogP contribution in [0.5, 0.6) is 5.75 Å². The van der Waals surface area contributed by atoms with Gasteiger partial charge < -0.3 is 19.2 Å². The second kappa shape index (κ2) is 9.02. The van der Waals surface area contributed by atoms with Crippen molar-refractivity contribution in [3.63, 3.8) is 0 Å². The van der Waals surface area contributed by atoms with Crippen molar-refractivity contribution in [2.45, 2.75) is 39.3 Å². The van der Waals surface area contributed by atoms with E-state index in [2.05, 4.69) is 5.32 Å². The summed E-state index contributed by atoms with van der Waals surface area (Å²) in [6.07, 6.45) is -0.744. The van der Waals surface area contributed by atoms with Gasteiger partial charge in [-0.25, -0.2) is 14.4 Å². The fourth-order valence-corrected chi connectivity index (χ4v) is 3.69. The molecular weight excluding hydrogens is 434 g/mol. The Morgan fingerprint density at radius 1 is 0.882 bits per heavy atom. The van der Waals surface area contributed by atoms with Crippen LogP contribution in [0.2, 0.25) is 0 Å². The number of esters is 1. The standard InChI is InChI=1S/C27H25NO6/c1-16-21(15-14-19-18-12-8-9-13-20(18)24(29)33-23(16)19)32-25(30)22(17-10-6-5-7-11-17)28-26(31)34-27(2,3)4/h5-15,22H,1-4H3,(H,28,31)/t22-/m1/s1. The summed E-state index contributed by atoms with van der Waals surface area (Å²) in [6, 6.07) is 18.2. The average Bonchev–Trinajstić information content (AvgIpc) is 2.79. The first-order chi connectivity index (χ1) is 16.1. The maximum atomic E-state index is 13.2. The van der Waals surface area contributed by atoms with E-state index in [9.17, 15) is 14.4 Å². The van der Waals surface area contributed by atoms with E-state index in [-0.39, 0.29) is 5.75 Å². The van der Waals surface area contributed by atoms with Crippen LogP contribution in [0.3, 0.4) is 0 Å². The van der Waals surface area contributed by atoms with Gasteiger partial charge in [-0.1, -0.05) is 48.5 Å². The van der Waals surface area contributed by atoms with Crippen molar-refractivity contribution >= 4 is 33.8 Å². The van der Waals surface area contributed by atoms with Crippen LogP contribution in [0.15, 0.2) is 75.9 Å². The Hall–Kier alpha value is -4.13. The van der Waals surface area contributed by atoms with Crippen LogP contribution >= 0.6 is 0 Å². The van der Waals surface area contributed by atoms with Crippen molar-refractivity contribution < 1.29 is 23.5 Å². The number of alkyl carbamates (subject to hydrolysis) is 1. The van der Waals surface area contributed by atoms with Gasteiger partial charge in [0.2, 0.25) is 0 Å². The van der Waals surface area contributed by atoms with Crippen molar-refractivity contribution in [2.75, 3.05) is 0 Å². The lowest BCUT2D eigenvalue weighted by molar-refractivity contribution is -0.137. The molecule has 0 aliphatic rings. The number of nitrogens with one attached hydrogen (secondary N) is 1. The molecule has 1 amide bonds. The maximum absolute atomic E-state index is 13.2. The number of aryl methyl sites for hydroxylation is 1. The van der Waals surface area contributed by atoms with Crippen molar-refractivity contribution in [3.8, 4) is 5.75 Å². The SMILES string of the molecule is Cc1c(OC(=O)[C@H](NC(=O)OC(C)(C)C)c2ccccc2)ccc2c1oc(=O)c1ccccc12. The highest BCUT2D eigenvalue weighted by Crippen LogP contribution is 2.31. The molecule has 1 aromatic heterocycles. The fraction of sp³-hybridized carbons (Fsp3) is 0.222. The number of carbonyl (C=O) groups is 2. The first kappa shape index (κ1) is 23.0. The quantitative estimate of drug-likeness (QED) is 0.189. The van der Waals surface area contributed by atoms with Crippen molar-refractivity contribution in [1.29, 1.82) is 0 Å². The molecule has 174 valence electrons. The minimum absolute atomic E-state index is 0.225. The zero-order chi connectivity index (χ0) is 24.5. The third-order valence-corrected chi connectivity index (χ3v) is 5.23. The summed E-state index contributed by atoms with van der Waals surface area (Å²) in [7, 11) is 0. The summed E-state index contributed by atoms with van der Waals surface area (Å²) in [4.78, 5) is 38.1. The Morgan fingerprint density at radius 2 is 1.53 bits per heavy atom. The summed E-state index contributed by atoms with van der Waals surface area (Å²) < 4.78 is 16.6. The summed E-state index contributed by atoms with van der Waals surface area (Å²) in [6.45, 7) is 6.91. The molecule has 3 aromatic carbocycles. The van der Waals surface area contributed by atoms with E-state index in [1.165, 1.54) is 0 Å². The van der Waals surface area contributed by atoms with Crippen LogP contribution in [-0.4, -0.2) is 17.7 Å². The zero-order valence-electron chi connectivity index (χ0n) is 19.4. The molecule has 0 unspecified atom stereocenters. The molecule has 0 saturated heterocycles. The van der Waals surface area contributed by atoms with Crippen molar-refractivity contribution in [3.05, 3.63) is 88.3 Å². The summed E-state index contributed by atoms with van der Waals surface area (Å²) in [5.41, 5.74) is 0.172. The number of fused-ring (bicyclic) bond motifs is 3. The van der Waals surface area contributed by atoms with Crippen molar-refractivity contribution in [1.82, 2.24) is 5.32 Å². The molecule has 0 fully saturated rings. The third-order valence-electron chi connectivity index (χ3n) is 5.23. The van der Waals surface area contributed by atoms with Gasteiger partial charge >= 0.3 is 17.7 Å². The highest BCUT2D eigenvalue weighted by Gasteiger charge is 2.28. The van der Waals surface area contributed by atoms with E-state index in [4.69, 9.17) is 13.9 Å². The molecular formula is C27H25NO6. The first-order valence-electron chi connectivity index (χ1n) is 10.9. The predicted molar refractivity (Wildman–Crippen MR) is 129 cm³/mol. The maximum Gasteiger partial charge on any atom is 0.408 e. The molecule has 0 spiro atoms. The number of carbonyl (C=O) groups excluding carboxylic acids is 2. The zero-order valence-corrected chi connectivity index (χ0v) is 19.4. The highest BCUT2D eigenvalue weighted by atomic mass is 16.6. The van der Waals surface area contributed by atoms with E-state index in [1.807, 2.05) is 12.1 Å². The Balaban J connectivity index is 1.69. The molecule has 34 heavy (non-hydrogen) atoms. The molecule has 0 bridgehead atoms. The summed E-state index contributed by atoms with van der Waals surface area (Å²) in [5.74, 6) is -0.481. The summed E-state index contributed by atoms with van der Waals surface area (Å²) >= 11 is 0. The van der Waals surface area contributed by atoms with Gasteiger partial charge in [0.15, 0.2) is 6.04 Å². The predicted octanol–water partition coefficient (Wildman–Crippen LogP) is 5.43. The molecule has 0 saturated carbocycles. The molecule has 7 nitrogen and oxygen atoms in total. The van der Waals surface area contributed by atoms with E-state index >= 15 is 0 Å². The van der Waals surface area contributed by atoms with E-state index < -0.39 is 29.3 Å². The van der Waals surface area contributed by atoms with Gasteiger partial charge in [0.1, 0.15) is 16.9 Å². The van der Waals surface area contributed by atoms with Gasteiger partial charge in [-0.3, -0.25) is 0 Å². The number of hydrogen-bond donors (Lipinski definition) is 1. The highest BCUT2D eigenvalue weighted by molar-refractivity contribution is 6.05. The first-order valence-corrected chi connectivity index (χ1v) is 10.9. The van der Waals surface area contributed by atoms with Crippen LogP contribution in [0.1, 0.15) is 37.9 Å². The molecule has 1 heterocycles. The lowest BCUT2D eigenvalue weighted by Crippen LogP contribution is -2.39. The second-order valence-electron chi connectivity index (χ2n) is 8.91. The Morgan fingerprint density at radius 3 is 2.21 bits per heavy atom. The van der Waals surface area contributed by atoms with Gasteiger partial charge in [0.05, 0.1) is 5.39 Å². The lowest BCUT2D eigenvalue weighted by Gasteiger charge is -2.23.